The van der Waals surface area contributed by atoms with E-state index >= 15 is 0 Å². The number of benzene rings is 1. The number of nitrogens with one attached hydrogen (secondary N) is 1. The van der Waals surface area contributed by atoms with Crippen molar-refractivity contribution in [1.82, 2.24) is 15.1 Å². The van der Waals surface area contributed by atoms with Gasteiger partial charge in [0.25, 0.3) is 0 Å². The number of hydrogen-bond donors (Lipinski definition) is 1. The van der Waals surface area contributed by atoms with E-state index in [2.05, 4.69) is 17.3 Å². The molecule has 1 heterocycles. The molecule has 3 rings (SSSR count). The summed E-state index contributed by atoms with van der Waals surface area (Å²) in [6.07, 6.45) is 4.69. The van der Waals surface area contributed by atoms with Gasteiger partial charge in [-0.2, -0.15) is 0 Å². The number of aromatic nitrogens is 2. The first-order valence-electron chi connectivity index (χ1n) is 8.31. The minimum Gasteiger partial charge on any atom is -0.352 e. The van der Waals surface area contributed by atoms with Gasteiger partial charge < -0.3 is 5.32 Å². The van der Waals surface area contributed by atoms with Gasteiger partial charge in [0.2, 0.25) is 5.91 Å². The molecule has 1 aromatic heterocycles. The molecule has 1 fully saturated rings. The molecule has 1 aliphatic rings. The molecular weight excluding hydrogens is 377 g/mol. The Balaban J connectivity index is 1.58. The van der Waals surface area contributed by atoms with E-state index in [1.54, 1.807) is 16.8 Å². The van der Waals surface area contributed by atoms with Crippen LogP contribution in [0, 0.1) is 15.7 Å². The first kappa shape index (κ1) is 18.5. The first-order valence-corrected chi connectivity index (χ1v) is 10.5. The maximum Gasteiger partial charge on any atom is 0.230 e. The van der Waals surface area contributed by atoms with Crippen molar-refractivity contribution in [2.24, 2.45) is 5.92 Å². The maximum absolute atomic E-state index is 13.0. The van der Waals surface area contributed by atoms with Gasteiger partial charge in [-0.1, -0.05) is 42.9 Å². The molecule has 1 N–H and O–H groups in total. The molecule has 134 valence electrons. The molecule has 25 heavy (non-hydrogen) atoms. The predicted molar refractivity (Wildman–Crippen MR) is 103 cm³/mol. The van der Waals surface area contributed by atoms with Gasteiger partial charge in [-0.3, -0.25) is 4.79 Å². The number of hydrogen-bond acceptors (Lipinski definition) is 5. The second kappa shape index (κ2) is 8.42. The van der Waals surface area contributed by atoms with Gasteiger partial charge in [0.1, 0.15) is 5.82 Å². The molecule has 0 unspecified atom stereocenters. The number of halogens is 1. The fourth-order valence-corrected chi connectivity index (χ4v) is 5.14. The zero-order chi connectivity index (χ0) is 17.8. The van der Waals surface area contributed by atoms with Crippen LogP contribution in [-0.4, -0.2) is 27.5 Å². The Bertz CT molecular complexity index is 787. The normalized spacial score (nSPS) is 20.4. The molecular formula is C17H20FN3OS3. The Morgan fingerprint density at radius 2 is 2.12 bits per heavy atom. The molecule has 0 bridgehead atoms. The number of thioether (sulfide) groups is 1. The summed E-state index contributed by atoms with van der Waals surface area (Å²) in [5, 5.41) is 7.58. The van der Waals surface area contributed by atoms with E-state index in [0.29, 0.717) is 15.6 Å². The lowest BCUT2D eigenvalue weighted by molar-refractivity contribution is -0.119. The molecule has 0 aliphatic heterocycles. The lowest BCUT2D eigenvalue weighted by atomic mass is 9.86. The summed E-state index contributed by atoms with van der Waals surface area (Å²) >= 11 is 8.07. The Labute approximate surface area is 159 Å². The Morgan fingerprint density at radius 3 is 2.84 bits per heavy atom. The lowest BCUT2D eigenvalue weighted by Gasteiger charge is -2.29. The van der Waals surface area contributed by atoms with E-state index in [1.165, 1.54) is 54.5 Å². The Kier molecular flexibility index (Phi) is 6.24. The fourth-order valence-electron chi connectivity index (χ4n) is 2.97. The van der Waals surface area contributed by atoms with Crippen molar-refractivity contribution < 1.29 is 9.18 Å². The van der Waals surface area contributed by atoms with Crippen LogP contribution in [0.1, 0.15) is 32.6 Å². The van der Waals surface area contributed by atoms with Gasteiger partial charge in [0.15, 0.2) is 8.29 Å². The van der Waals surface area contributed by atoms with Crippen molar-refractivity contribution >= 4 is 41.2 Å². The number of nitrogens with zero attached hydrogens (tertiary/aromatic N) is 2. The predicted octanol–water partition coefficient (Wildman–Crippen LogP) is 4.59. The summed E-state index contributed by atoms with van der Waals surface area (Å²) in [5.41, 5.74) is 0.718. The zero-order valence-corrected chi connectivity index (χ0v) is 16.4. The summed E-state index contributed by atoms with van der Waals surface area (Å²) in [5.74, 6) is 0.615. The number of rotatable bonds is 5. The van der Waals surface area contributed by atoms with Crippen LogP contribution in [0.3, 0.4) is 0 Å². The van der Waals surface area contributed by atoms with Crippen LogP contribution in [-0.2, 0) is 4.79 Å². The minimum absolute atomic E-state index is 0.0400. The molecule has 1 amide bonds. The summed E-state index contributed by atoms with van der Waals surface area (Å²) < 4.78 is 16.0. The van der Waals surface area contributed by atoms with Gasteiger partial charge in [0, 0.05) is 6.04 Å². The van der Waals surface area contributed by atoms with E-state index in [4.69, 9.17) is 12.2 Å². The largest absolute Gasteiger partial charge is 0.352 e. The summed E-state index contributed by atoms with van der Waals surface area (Å²) in [6, 6.07) is 6.31. The van der Waals surface area contributed by atoms with Crippen molar-refractivity contribution in [2.75, 3.05) is 5.75 Å². The van der Waals surface area contributed by atoms with Gasteiger partial charge in [-0.25, -0.2) is 9.07 Å². The molecule has 0 spiro atoms. The summed E-state index contributed by atoms with van der Waals surface area (Å²) in [7, 11) is 0. The fraction of sp³-hybridized carbons (Fsp3) is 0.471. The van der Waals surface area contributed by atoms with E-state index in [1.807, 2.05) is 0 Å². The van der Waals surface area contributed by atoms with E-state index in [-0.39, 0.29) is 17.8 Å². The van der Waals surface area contributed by atoms with Crippen molar-refractivity contribution in [2.45, 2.75) is 43.0 Å². The highest BCUT2D eigenvalue weighted by Gasteiger charge is 2.22. The number of amides is 1. The van der Waals surface area contributed by atoms with E-state index < -0.39 is 0 Å². The average Bonchev–Trinajstić information content (AvgIpc) is 2.97. The molecule has 0 radical (unpaired) electrons. The van der Waals surface area contributed by atoms with Crippen LogP contribution >= 0.6 is 35.3 Å². The molecule has 1 saturated carbocycles. The molecule has 1 aliphatic carbocycles. The first-order chi connectivity index (χ1) is 12.0. The van der Waals surface area contributed by atoms with Gasteiger partial charge in [-0.15, -0.1) is 5.10 Å². The lowest BCUT2D eigenvalue weighted by Crippen LogP contribution is -2.41. The van der Waals surface area contributed by atoms with E-state index in [0.717, 1.165) is 16.4 Å². The van der Waals surface area contributed by atoms with Crippen LogP contribution in [0.5, 0.6) is 0 Å². The topological polar surface area (TPSA) is 46.9 Å². The van der Waals surface area contributed by atoms with Crippen molar-refractivity contribution in [3.05, 3.63) is 34.0 Å². The quantitative estimate of drug-likeness (QED) is 0.592. The molecule has 1 aromatic carbocycles. The zero-order valence-electron chi connectivity index (χ0n) is 13.9. The van der Waals surface area contributed by atoms with Crippen LogP contribution in [0.4, 0.5) is 4.39 Å². The van der Waals surface area contributed by atoms with Crippen LogP contribution in [0.2, 0.25) is 0 Å². The second-order valence-electron chi connectivity index (χ2n) is 6.25. The summed E-state index contributed by atoms with van der Waals surface area (Å²) in [6.45, 7) is 2.20. The minimum atomic E-state index is -0.297. The van der Waals surface area contributed by atoms with Crippen LogP contribution in [0.15, 0.2) is 28.6 Å². The summed E-state index contributed by atoms with van der Waals surface area (Å²) in [4.78, 5) is 12.2. The third kappa shape index (κ3) is 4.89. The number of carbonyl (C=O) groups is 1. The van der Waals surface area contributed by atoms with Gasteiger partial charge in [0.05, 0.1) is 11.4 Å². The van der Waals surface area contributed by atoms with Gasteiger partial charge in [-0.05, 0) is 55.2 Å². The SMILES string of the molecule is C[C@H]1CCCC[C@@H]1NC(=O)CSc1nn(-c2ccc(F)cc2)c(=S)s1. The van der Waals surface area contributed by atoms with Crippen LogP contribution < -0.4 is 5.32 Å². The van der Waals surface area contributed by atoms with Crippen molar-refractivity contribution in [1.29, 1.82) is 0 Å². The number of carbonyl (C=O) groups excluding carboxylic acids is 1. The Morgan fingerprint density at radius 1 is 1.40 bits per heavy atom. The average molecular weight is 398 g/mol. The third-order valence-corrected chi connectivity index (χ3v) is 6.75. The van der Waals surface area contributed by atoms with Crippen molar-refractivity contribution in [3.8, 4) is 5.69 Å². The molecule has 0 saturated heterocycles. The standard InChI is InChI=1S/C17H20FN3OS3/c1-11-4-2-3-5-14(11)19-15(22)10-24-16-20-21(17(23)25-16)13-8-6-12(18)7-9-13/h6-9,11,14H,2-5,10H2,1H3,(H,19,22)/t11-,14-/m0/s1. The van der Waals surface area contributed by atoms with E-state index in [9.17, 15) is 9.18 Å². The molecule has 2 atom stereocenters. The molecule has 8 heteroatoms. The third-order valence-electron chi connectivity index (χ3n) is 4.39. The maximum atomic E-state index is 13.0. The van der Waals surface area contributed by atoms with Gasteiger partial charge >= 0.3 is 0 Å². The Hall–Kier alpha value is -1.25. The second-order valence-corrected chi connectivity index (χ2v) is 9.09. The molecule has 2 aromatic rings. The monoisotopic (exact) mass is 397 g/mol. The highest BCUT2D eigenvalue weighted by molar-refractivity contribution is 8.01. The molecule has 4 nitrogen and oxygen atoms in total. The van der Waals surface area contributed by atoms with Crippen molar-refractivity contribution in [3.63, 3.8) is 0 Å². The highest BCUT2D eigenvalue weighted by Crippen LogP contribution is 2.26. The highest BCUT2D eigenvalue weighted by atomic mass is 32.2. The smallest absolute Gasteiger partial charge is 0.230 e. The van der Waals surface area contributed by atoms with Crippen LogP contribution in [0.25, 0.3) is 5.69 Å².